The molecule has 4 nitrogen and oxygen atoms in total. The number of hydrogen-bond acceptors (Lipinski definition) is 4. The van der Waals surface area contributed by atoms with Gasteiger partial charge in [0.05, 0.1) is 5.76 Å². The van der Waals surface area contributed by atoms with Gasteiger partial charge in [0, 0.05) is 61.5 Å². The Morgan fingerprint density at radius 3 is 2.31 bits per heavy atom. The third-order valence-electron chi connectivity index (χ3n) is 10.2. The summed E-state index contributed by atoms with van der Waals surface area (Å²) in [5.41, 5.74) is 5.78. The summed E-state index contributed by atoms with van der Waals surface area (Å²) in [6.07, 6.45) is 13.4. The summed E-state index contributed by atoms with van der Waals surface area (Å²) < 4.78 is 0. The molecule has 0 amide bonds. The minimum atomic E-state index is -0.189. The molecule has 4 aromatic rings. The van der Waals surface area contributed by atoms with E-state index in [4.69, 9.17) is 9.97 Å². The number of hydrogen-bond donors (Lipinski definition) is 1. The molecule has 45 heavy (non-hydrogen) atoms. The first kappa shape index (κ1) is 35.0. The molecule has 241 valence electrons. The van der Waals surface area contributed by atoms with E-state index in [9.17, 15) is 9.90 Å². The Balaban J connectivity index is 0.000000249. The van der Waals surface area contributed by atoms with Crippen molar-refractivity contribution in [2.75, 3.05) is 0 Å². The van der Waals surface area contributed by atoms with Crippen LogP contribution in [0.5, 0.6) is 0 Å². The summed E-state index contributed by atoms with van der Waals surface area (Å²) in [6, 6.07) is 18.8. The van der Waals surface area contributed by atoms with Crippen molar-refractivity contribution < 1.29 is 30.0 Å². The molecule has 2 aromatic carbocycles. The molecule has 6 rings (SSSR count). The Kier molecular flexibility index (Phi) is 11.8. The number of fused-ring (bicyclic) bond motifs is 4. The number of carbonyl (C=O) groups is 1. The number of pyridine rings is 2. The second-order valence-electron chi connectivity index (χ2n) is 13.2. The molecule has 0 bridgehead atoms. The summed E-state index contributed by atoms with van der Waals surface area (Å²) in [7, 11) is 0. The SMILES string of the molecule is CC1(C)c2c([c-]cc3ccccc23)-c2nccc3cc(C4CCCCC4)nc1c23.CCC(CC)C(=O)/C=C(\O)C(CC)CC.[Ir]. The number of ketones is 1. The van der Waals surface area contributed by atoms with E-state index in [-0.39, 0.29) is 48.9 Å². The van der Waals surface area contributed by atoms with Crippen molar-refractivity contribution in [3.8, 4) is 11.3 Å². The molecule has 2 aliphatic rings. The average molecular weight is 782 g/mol. The second-order valence-corrected chi connectivity index (χ2v) is 13.2. The largest absolute Gasteiger partial charge is 0.512 e. The van der Waals surface area contributed by atoms with Gasteiger partial charge in [0.1, 0.15) is 0 Å². The van der Waals surface area contributed by atoms with E-state index in [2.05, 4.69) is 62.4 Å². The van der Waals surface area contributed by atoms with Crippen LogP contribution in [0.3, 0.4) is 0 Å². The van der Waals surface area contributed by atoms with E-state index in [0.717, 1.165) is 36.9 Å². The zero-order chi connectivity index (χ0) is 31.4. The molecule has 1 fully saturated rings. The van der Waals surface area contributed by atoms with Crippen molar-refractivity contribution in [1.82, 2.24) is 9.97 Å². The fourth-order valence-corrected chi connectivity index (χ4v) is 7.41. The van der Waals surface area contributed by atoms with Gasteiger partial charge in [-0.3, -0.25) is 9.78 Å². The minimum absolute atomic E-state index is 0. The van der Waals surface area contributed by atoms with Crippen molar-refractivity contribution >= 4 is 27.3 Å². The molecule has 2 aromatic heterocycles. The van der Waals surface area contributed by atoms with Crippen molar-refractivity contribution in [2.24, 2.45) is 11.8 Å². The van der Waals surface area contributed by atoms with Crippen LogP contribution >= 0.6 is 0 Å². The Hall–Kier alpha value is -2.88. The van der Waals surface area contributed by atoms with Gasteiger partial charge < -0.3 is 10.1 Å². The molecule has 5 heteroatoms. The topological polar surface area (TPSA) is 63.1 Å². The van der Waals surface area contributed by atoms with Crippen LogP contribution in [-0.2, 0) is 30.3 Å². The number of benzene rings is 2. The maximum absolute atomic E-state index is 11.7. The number of rotatable bonds is 8. The van der Waals surface area contributed by atoms with Crippen molar-refractivity contribution in [3.63, 3.8) is 0 Å². The summed E-state index contributed by atoms with van der Waals surface area (Å²) >= 11 is 0. The van der Waals surface area contributed by atoms with Crippen LogP contribution in [0.25, 0.3) is 32.8 Å². The van der Waals surface area contributed by atoms with Gasteiger partial charge in [0.25, 0.3) is 0 Å². The Morgan fingerprint density at radius 2 is 1.64 bits per heavy atom. The predicted molar refractivity (Wildman–Crippen MR) is 183 cm³/mol. The summed E-state index contributed by atoms with van der Waals surface area (Å²) in [6.45, 7) is 12.7. The van der Waals surface area contributed by atoms with E-state index < -0.39 is 0 Å². The zero-order valence-corrected chi connectivity index (χ0v) is 30.3. The smallest absolute Gasteiger partial charge is 0.162 e. The Morgan fingerprint density at radius 1 is 0.978 bits per heavy atom. The number of aromatic nitrogens is 2. The maximum Gasteiger partial charge on any atom is 0.162 e. The molecule has 0 unspecified atom stereocenters. The molecule has 2 aliphatic carbocycles. The first-order chi connectivity index (χ1) is 21.2. The molecular formula is C40H49IrN2O2-. The van der Waals surface area contributed by atoms with Gasteiger partial charge in [-0.25, -0.2) is 0 Å². The standard InChI is InChI=1S/C27H25N2.C13H24O2.Ir/c1-27(2)24-20-11-7-6-8-17(20)12-13-21(24)25-23-19(14-15-28-25)16-22(29-26(23)27)18-9-4-3-5-10-18;1-5-10(6-2)12(14)9-13(15)11(7-3)8-4;/h6-8,11-12,14-16,18H,3-5,9-10H2,1-2H3;9-11,14H,5-8H2,1-4H3;/q-1;;/b;12-9-;. The van der Waals surface area contributed by atoms with Crippen LogP contribution in [0, 0.1) is 17.9 Å². The van der Waals surface area contributed by atoms with E-state index in [0.29, 0.717) is 5.92 Å². The van der Waals surface area contributed by atoms with Crippen LogP contribution in [0.4, 0.5) is 0 Å². The molecule has 1 radical (unpaired) electrons. The zero-order valence-electron chi connectivity index (χ0n) is 27.9. The van der Waals surface area contributed by atoms with Gasteiger partial charge in [-0.2, -0.15) is 0 Å². The second kappa shape index (κ2) is 15.1. The van der Waals surface area contributed by atoms with Crippen LogP contribution < -0.4 is 0 Å². The Bertz CT molecular complexity index is 1660. The Labute approximate surface area is 283 Å². The molecule has 0 atom stereocenters. The summed E-state index contributed by atoms with van der Waals surface area (Å²) in [5, 5.41) is 14.8. The van der Waals surface area contributed by atoms with E-state index >= 15 is 0 Å². The summed E-state index contributed by atoms with van der Waals surface area (Å²) in [4.78, 5) is 21.9. The molecular weight excluding hydrogens is 733 g/mol. The fraction of sp³-hybridized carbons (Fsp3) is 0.475. The quantitative estimate of drug-likeness (QED) is 0.110. The third-order valence-corrected chi connectivity index (χ3v) is 10.2. The van der Waals surface area contributed by atoms with E-state index in [1.54, 1.807) is 0 Å². The minimum Gasteiger partial charge on any atom is -0.512 e. The normalized spacial score (nSPS) is 15.9. The monoisotopic (exact) mass is 782 g/mol. The number of carbonyl (C=O) groups excluding carboxylic acids is 1. The molecule has 2 heterocycles. The van der Waals surface area contributed by atoms with E-state index in [1.807, 2.05) is 33.9 Å². The number of allylic oxidation sites excluding steroid dienone is 2. The van der Waals surface area contributed by atoms with Crippen molar-refractivity contribution in [1.29, 1.82) is 0 Å². The molecule has 0 aliphatic heterocycles. The number of aliphatic hydroxyl groups is 1. The first-order valence-corrected chi connectivity index (χ1v) is 16.9. The molecule has 1 saturated carbocycles. The van der Waals surface area contributed by atoms with Gasteiger partial charge >= 0.3 is 0 Å². The van der Waals surface area contributed by atoms with Gasteiger partial charge in [0.15, 0.2) is 5.78 Å². The van der Waals surface area contributed by atoms with E-state index in [1.165, 1.54) is 76.7 Å². The molecule has 0 spiro atoms. The number of nitrogens with zero attached hydrogens (tertiary/aromatic N) is 2. The van der Waals surface area contributed by atoms with Crippen LogP contribution in [0.1, 0.15) is 122 Å². The van der Waals surface area contributed by atoms with Gasteiger partial charge in [-0.15, -0.1) is 23.3 Å². The first-order valence-electron chi connectivity index (χ1n) is 16.9. The van der Waals surface area contributed by atoms with Crippen LogP contribution in [0.2, 0.25) is 0 Å². The molecule has 1 N–H and O–H groups in total. The average Bonchev–Trinajstić information content (AvgIpc) is 3.04. The van der Waals surface area contributed by atoms with Crippen molar-refractivity contribution in [2.45, 2.75) is 111 Å². The number of aliphatic hydroxyl groups excluding tert-OH is 1. The summed E-state index contributed by atoms with van der Waals surface area (Å²) in [5.74, 6) is 1.14. The van der Waals surface area contributed by atoms with Gasteiger partial charge in [-0.05, 0) is 72.5 Å². The van der Waals surface area contributed by atoms with Crippen LogP contribution in [0.15, 0.2) is 60.5 Å². The third kappa shape index (κ3) is 6.95. The predicted octanol–water partition coefficient (Wildman–Crippen LogP) is 10.8. The van der Waals surface area contributed by atoms with Crippen LogP contribution in [-0.4, -0.2) is 20.9 Å². The van der Waals surface area contributed by atoms with Gasteiger partial charge in [0.2, 0.25) is 0 Å². The maximum atomic E-state index is 11.7. The molecule has 0 saturated heterocycles. The van der Waals surface area contributed by atoms with Crippen molar-refractivity contribution in [3.05, 3.63) is 83.5 Å². The fourth-order valence-electron chi connectivity index (χ4n) is 7.41. The van der Waals surface area contributed by atoms with Gasteiger partial charge in [-0.1, -0.05) is 95.8 Å².